The van der Waals surface area contributed by atoms with Crippen molar-refractivity contribution in [1.29, 1.82) is 0 Å². The summed E-state index contributed by atoms with van der Waals surface area (Å²) in [6.45, 7) is 1.77. The molecule has 1 N–H and O–H groups in total. The van der Waals surface area contributed by atoms with Gasteiger partial charge in [0.1, 0.15) is 0 Å². The van der Waals surface area contributed by atoms with Crippen LogP contribution >= 0.6 is 0 Å². The minimum absolute atomic E-state index is 0.0198. The van der Waals surface area contributed by atoms with Crippen molar-refractivity contribution in [2.24, 2.45) is 12.5 Å². The average Bonchev–Trinajstić information content (AvgIpc) is 2.74. The smallest absolute Gasteiger partial charge is 0.0544 e. The van der Waals surface area contributed by atoms with Gasteiger partial charge in [0.2, 0.25) is 0 Å². The Labute approximate surface area is 96.2 Å². The SMILES string of the molecule is Cn1cc(CCC2(CO)CCCOC2)cn1. The Morgan fingerprint density at radius 2 is 2.50 bits per heavy atom. The lowest BCUT2D eigenvalue weighted by atomic mass is 9.78. The molecule has 0 bridgehead atoms. The molecule has 1 aromatic heterocycles. The van der Waals surface area contributed by atoms with Crippen LogP contribution in [0.15, 0.2) is 12.4 Å². The zero-order valence-corrected chi connectivity index (χ0v) is 9.85. The van der Waals surface area contributed by atoms with Crippen molar-refractivity contribution in [3.63, 3.8) is 0 Å². The van der Waals surface area contributed by atoms with Crippen LogP contribution in [-0.4, -0.2) is 34.7 Å². The van der Waals surface area contributed by atoms with E-state index in [1.165, 1.54) is 5.56 Å². The van der Waals surface area contributed by atoms with Crippen LogP contribution in [0.5, 0.6) is 0 Å². The zero-order chi connectivity index (χ0) is 11.4. The molecule has 1 saturated heterocycles. The highest BCUT2D eigenvalue weighted by Crippen LogP contribution is 2.32. The second-order valence-electron chi connectivity index (χ2n) is 4.84. The van der Waals surface area contributed by atoms with E-state index in [-0.39, 0.29) is 12.0 Å². The number of rotatable bonds is 4. The first-order valence-corrected chi connectivity index (χ1v) is 5.90. The molecule has 1 aliphatic rings. The molecule has 90 valence electrons. The third-order valence-corrected chi connectivity index (χ3v) is 3.44. The van der Waals surface area contributed by atoms with E-state index < -0.39 is 0 Å². The van der Waals surface area contributed by atoms with Crippen molar-refractivity contribution in [3.8, 4) is 0 Å². The van der Waals surface area contributed by atoms with Crippen molar-refractivity contribution in [2.45, 2.75) is 25.7 Å². The Morgan fingerprint density at radius 3 is 3.06 bits per heavy atom. The molecule has 4 nitrogen and oxygen atoms in total. The maximum Gasteiger partial charge on any atom is 0.0544 e. The Kier molecular flexibility index (Phi) is 3.61. The normalized spacial score (nSPS) is 25.9. The van der Waals surface area contributed by atoms with Crippen LogP contribution in [0.3, 0.4) is 0 Å². The lowest BCUT2D eigenvalue weighted by Gasteiger charge is -2.35. The second kappa shape index (κ2) is 4.97. The molecule has 2 rings (SSSR count). The average molecular weight is 224 g/mol. The van der Waals surface area contributed by atoms with Crippen LogP contribution in [0.25, 0.3) is 0 Å². The third kappa shape index (κ3) is 2.62. The van der Waals surface area contributed by atoms with Gasteiger partial charge in [-0.15, -0.1) is 0 Å². The van der Waals surface area contributed by atoms with Gasteiger partial charge in [0.15, 0.2) is 0 Å². The highest BCUT2D eigenvalue weighted by atomic mass is 16.5. The molecular formula is C12H20N2O2. The molecule has 2 heterocycles. The van der Waals surface area contributed by atoms with Crippen molar-refractivity contribution in [1.82, 2.24) is 9.78 Å². The lowest BCUT2D eigenvalue weighted by molar-refractivity contribution is -0.0425. The largest absolute Gasteiger partial charge is 0.396 e. The summed E-state index contributed by atoms with van der Waals surface area (Å²) in [6, 6.07) is 0. The molecule has 1 fully saturated rings. The Morgan fingerprint density at radius 1 is 1.62 bits per heavy atom. The van der Waals surface area contributed by atoms with Gasteiger partial charge < -0.3 is 9.84 Å². The molecule has 0 aromatic carbocycles. The summed E-state index contributed by atoms with van der Waals surface area (Å²) in [5, 5.41) is 13.7. The molecule has 0 radical (unpaired) electrons. The summed E-state index contributed by atoms with van der Waals surface area (Å²) in [5.41, 5.74) is 1.22. The monoisotopic (exact) mass is 224 g/mol. The van der Waals surface area contributed by atoms with Gasteiger partial charge in [-0.05, 0) is 31.2 Å². The van der Waals surface area contributed by atoms with Crippen molar-refractivity contribution >= 4 is 0 Å². The van der Waals surface area contributed by atoms with Gasteiger partial charge in [-0.1, -0.05) is 0 Å². The molecule has 16 heavy (non-hydrogen) atoms. The van der Waals surface area contributed by atoms with Crippen LogP contribution in [-0.2, 0) is 18.2 Å². The van der Waals surface area contributed by atoms with Gasteiger partial charge in [-0.25, -0.2) is 0 Å². The summed E-state index contributed by atoms with van der Waals surface area (Å²) >= 11 is 0. The number of aliphatic hydroxyl groups excluding tert-OH is 1. The lowest BCUT2D eigenvalue weighted by Crippen LogP contribution is -2.35. The molecule has 0 saturated carbocycles. The molecule has 1 unspecified atom stereocenters. The fraction of sp³-hybridized carbons (Fsp3) is 0.750. The number of hydrogen-bond acceptors (Lipinski definition) is 3. The Balaban J connectivity index is 1.91. The highest BCUT2D eigenvalue weighted by Gasteiger charge is 2.31. The molecule has 1 aliphatic heterocycles. The fourth-order valence-corrected chi connectivity index (χ4v) is 2.32. The summed E-state index contributed by atoms with van der Waals surface area (Å²) in [7, 11) is 1.93. The summed E-state index contributed by atoms with van der Waals surface area (Å²) in [5.74, 6) is 0. The van der Waals surface area contributed by atoms with Crippen LogP contribution in [0, 0.1) is 5.41 Å². The predicted octanol–water partition coefficient (Wildman–Crippen LogP) is 1.14. The first-order valence-electron chi connectivity index (χ1n) is 5.90. The quantitative estimate of drug-likeness (QED) is 0.834. The minimum Gasteiger partial charge on any atom is -0.396 e. The van der Waals surface area contributed by atoms with Gasteiger partial charge in [0, 0.05) is 25.3 Å². The molecule has 1 aromatic rings. The highest BCUT2D eigenvalue weighted by molar-refractivity contribution is 5.04. The van der Waals surface area contributed by atoms with Crippen LogP contribution in [0.1, 0.15) is 24.8 Å². The van der Waals surface area contributed by atoms with Crippen molar-refractivity contribution in [2.75, 3.05) is 19.8 Å². The van der Waals surface area contributed by atoms with Crippen molar-refractivity contribution in [3.05, 3.63) is 18.0 Å². The van der Waals surface area contributed by atoms with E-state index in [1.807, 2.05) is 24.1 Å². The van der Waals surface area contributed by atoms with Crippen molar-refractivity contribution < 1.29 is 9.84 Å². The van der Waals surface area contributed by atoms with Gasteiger partial charge in [-0.2, -0.15) is 5.10 Å². The standard InChI is InChI=1S/C12H20N2O2/c1-14-8-11(7-13-14)3-5-12(9-15)4-2-6-16-10-12/h7-8,15H,2-6,9-10H2,1H3. The summed E-state index contributed by atoms with van der Waals surface area (Å²) in [6.07, 6.45) is 8.02. The van der Waals surface area contributed by atoms with E-state index in [0.717, 1.165) is 32.3 Å². The van der Waals surface area contributed by atoms with E-state index in [0.29, 0.717) is 6.61 Å². The fourth-order valence-electron chi connectivity index (χ4n) is 2.32. The number of ether oxygens (including phenoxy) is 1. The number of aliphatic hydroxyl groups is 1. The first kappa shape index (κ1) is 11.6. The third-order valence-electron chi connectivity index (χ3n) is 3.44. The summed E-state index contributed by atoms with van der Waals surface area (Å²) < 4.78 is 7.31. The zero-order valence-electron chi connectivity index (χ0n) is 9.85. The topological polar surface area (TPSA) is 47.3 Å². The maximum absolute atomic E-state index is 9.52. The van der Waals surface area contributed by atoms with E-state index in [2.05, 4.69) is 5.10 Å². The minimum atomic E-state index is -0.0198. The van der Waals surface area contributed by atoms with Gasteiger partial charge >= 0.3 is 0 Å². The number of aryl methyl sites for hydroxylation is 2. The molecular weight excluding hydrogens is 204 g/mol. The molecule has 0 spiro atoms. The van der Waals surface area contributed by atoms with Crippen LogP contribution in [0.2, 0.25) is 0 Å². The van der Waals surface area contributed by atoms with Crippen LogP contribution in [0.4, 0.5) is 0 Å². The van der Waals surface area contributed by atoms with E-state index in [9.17, 15) is 5.11 Å². The molecule has 4 heteroatoms. The van der Waals surface area contributed by atoms with Gasteiger partial charge in [0.05, 0.1) is 19.4 Å². The second-order valence-corrected chi connectivity index (χ2v) is 4.84. The van der Waals surface area contributed by atoms with Gasteiger partial charge in [-0.3, -0.25) is 4.68 Å². The Bertz CT molecular complexity index is 330. The number of aromatic nitrogens is 2. The number of hydrogen-bond donors (Lipinski definition) is 1. The maximum atomic E-state index is 9.52. The van der Waals surface area contributed by atoms with Crippen LogP contribution < -0.4 is 0 Å². The first-order chi connectivity index (χ1) is 7.74. The number of nitrogens with zero attached hydrogens (tertiary/aromatic N) is 2. The Hall–Kier alpha value is -0.870. The van der Waals surface area contributed by atoms with Gasteiger partial charge in [0.25, 0.3) is 0 Å². The van der Waals surface area contributed by atoms with E-state index in [4.69, 9.17) is 4.74 Å². The molecule has 0 aliphatic carbocycles. The predicted molar refractivity (Wildman–Crippen MR) is 61.1 cm³/mol. The van der Waals surface area contributed by atoms with E-state index >= 15 is 0 Å². The molecule has 1 atom stereocenters. The molecule has 0 amide bonds. The van der Waals surface area contributed by atoms with E-state index in [1.54, 1.807) is 0 Å². The summed E-state index contributed by atoms with van der Waals surface area (Å²) in [4.78, 5) is 0.